The molecule has 1 aromatic rings. The molecule has 1 fully saturated rings. The molecular weight excluding hydrogens is 230 g/mol. The van der Waals surface area contributed by atoms with Crippen molar-refractivity contribution in [3.8, 4) is 0 Å². The summed E-state index contributed by atoms with van der Waals surface area (Å²) in [5, 5.41) is 3.96. The number of aromatic nitrogens is 2. The first kappa shape index (κ1) is 13.2. The molecule has 1 aromatic heterocycles. The maximum absolute atomic E-state index is 11.0. The van der Waals surface area contributed by atoms with Crippen molar-refractivity contribution < 1.29 is 9.32 Å². The highest BCUT2D eigenvalue weighted by atomic mass is 16.5. The predicted octanol–water partition coefficient (Wildman–Crippen LogP) is 1.48. The summed E-state index contributed by atoms with van der Waals surface area (Å²) in [7, 11) is 0. The van der Waals surface area contributed by atoms with Crippen molar-refractivity contribution >= 4 is 5.78 Å². The second-order valence-corrected chi connectivity index (χ2v) is 5.09. The van der Waals surface area contributed by atoms with Gasteiger partial charge in [0.15, 0.2) is 5.82 Å². The largest absolute Gasteiger partial charge is 0.339 e. The molecule has 1 aliphatic rings. The minimum atomic E-state index is 0.0556. The first-order valence-corrected chi connectivity index (χ1v) is 6.70. The number of carbonyl (C=O) groups excluding carboxylic acids is 1. The third kappa shape index (κ3) is 3.63. The Balaban J connectivity index is 1.88. The van der Waals surface area contributed by atoms with Crippen LogP contribution in [-0.4, -0.2) is 40.5 Å². The number of nitrogens with zero attached hydrogens (tertiary/aromatic N) is 3. The summed E-state index contributed by atoms with van der Waals surface area (Å²) in [5.74, 6) is 1.86. The maximum Gasteiger partial charge on any atom is 0.234 e. The van der Waals surface area contributed by atoms with Gasteiger partial charge in [0.05, 0.1) is 6.42 Å². The molecule has 100 valence electrons. The third-order valence-corrected chi connectivity index (χ3v) is 3.43. The summed E-state index contributed by atoms with van der Waals surface area (Å²) < 4.78 is 5.07. The molecule has 0 aliphatic carbocycles. The van der Waals surface area contributed by atoms with Crippen molar-refractivity contribution in [2.75, 3.05) is 19.6 Å². The molecular formula is C13H21N3O2. The van der Waals surface area contributed by atoms with Crippen LogP contribution in [0.25, 0.3) is 0 Å². The summed E-state index contributed by atoms with van der Waals surface area (Å²) in [6, 6.07) is 0. The zero-order chi connectivity index (χ0) is 13.0. The molecule has 0 aromatic carbocycles. The number of piperidine rings is 1. The van der Waals surface area contributed by atoms with Crippen LogP contribution in [0.15, 0.2) is 4.52 Å². The van der Waals surface area contributed by atoms with E-state index < -0.39 is 0 Å². The predicted molar refractivity (Wildman–Crippen MR) is 67.2 cm³/mol. The van der Waals surface area contributed by atoms with Gasteiger partial charge in [-0.3, -0.25) is 4.79 Å². The summed E-state index contributed by atoms with van der Waals surface area (Å²) in [6.45, 7) is 7.16. The van der Waals surface area contributed by atoms with Gasteiger partial charge in [0.2, 0.25) is 5.89 Å². The summed E-state index contributed by atoms with van der Waals surface area (Å²) >= 11 is 0. The van der Waals surface area contributed by atoms with Gasteiger partial charge >= 0.3 is 0 Å². The molecule has 0 radical (unpaired) electrons. The molecule has 1 atom stereocenters. The number of Topliss-reactive ketones (excluding diaryl/α,β-unsaturated/α-hetero) is 1. The van der Waals surface area contributed by atoms with E-state index in [1.54, 1.807) is 0 Å². The van der Waals surface area contributed by atoms with Crippen LogP contribution in [0, 0.1) is 5.92 Å². The van der Waals surface area contributed by atoms with Crippen LogP contribution < -0.4 is 0 Å². The second kappa shape index (κ2) is 6.09. The Morgan fingerprint density at radius 2 is 2.39 bits per heavy atom. The highest BCUT2D eigenvalue weighted by molar-refractivity contribution is 5.77. The fourth-order valence-corrected chi connectivity index (χ4v) is 2.52. The van der Waals surface area contributed by atoms with Gasteiger partial charge in [0.1, 0.15) is 5.78 Å². The molecule has 18 heavy (non-hydrogen) atoms. The third-order valence-electron chi connectivity index (χ3n) is 3.43. The molecule has 2 heterocycles. The lowest BCUT2D eigenvalue weighted by Gasteiger charge is -2.31. The molecule has 5 nitrogen and oxygen atoms in total. The van der Waals surface area contributed by atoms with Gasteiger partial charge in [-0.2, -0.15) is 4.98 Å². The average molecular weight is 251 g/mol. The van der Waals surface area contributed by atoms with Gasteiger partial charge < -0.3 is 9.42 Å². The van der Waals surface area contributed by atoms with E-state index in [0.29, 0.717) is 11.8 Å². The van der Waals surface area contributed by atoms with Crippen LogP contribution >= 0.6 is 0 Å². The Kier molecular flexibility index (Phi) is 4.47. The number of ketones is 1. The highest BCUT2D eigenvalue weighted by Gasteiger charge is 2.21. The topological polar surface area (TPSA) is 59.2 Å². The normalized spacial score (nSPS) is 21.1. The van der Waals surface area contributed by atoms with Crippen LogP contribution in [0.3, 0.4) is 0 Å². The zero-order valence-corrected chi connectivity index (χ0v) is 11.2. The molecule has 0 saturated carbocycles. The van der Waals surface area contributed by atoms with Gasteiger partial charge in [-0.25, -0.2) is 0 Å². The molecule has 1 unspecified atom stereocenters. The first-order valence-electron chi connectivity index (χ1n) is 6.70. The Morgan fingerprint density at radius 3 is 3.11 bits per heavy atom. The van der Waals surface area contributed by atoms with Crippen LogP contribution in [-0.2, 0) is 17.6 Å². The number of rotatable bonds is 5. The van der Waals surface area contributed by atoms with E-state index in [9.17, 15) is 4.79 Å². The van der Waals surface area contributed by atoms with E-state index in [1.165, 1.54) is 26.3 Å². The van der Waals surface area contributed by atoms with E-state index in [0.717, 1.165) is 25.3 Å². The SMILES string of the molecule is CCN1CCCC(Cc2noc(CC(C)=O)n2)C1. The van der Waals surface area contributed by atoms with Crippen molar-refractivity contribution in [1.29, 1.82) is 0 Å². The van der Waals surface area contributed by atoms with Crippen molar-refractivity contribution in [3.05, 3.63) is 11.7 Å². The van der Waals surface area contributed by atoms with Gasteiger partial charge in [-0.05, 0) is 38.8 Å². The summed E-state index contributed by atoms with van der Waals surface area (Å²) in [5.41, 5.74) is 0. The van der Waals surface area contributed by atoms with E-state index in [1.807, 2.05) is 0 Å². The molecule has 1 aliphatic heterocycles. The van der Waals surface area contributed by atoms with Gasteiger partial charge in [0.25, 0.3) is 0 Å². The van der Waals surface area contributed by atoms with E-state index in [-0.39, 0.29) is 12.2 Å². The molecule has 5 heteroatoms. The molecule has 0 N–H and O–H groups in total. The number of likely N-dealkylation sites (tertiary alicyclic amines) is 1. The number of carbonyl (C=O) groups is 1. The Morgan fingerprint density at radius 1 is 1.56 bits per heavy atom. The Hall–Kier alpha value is -1.23. The zero-order valence-electron chi connectivity index (χ0n) is 11.2. The van der Waals surface area contributed by atoms with Crippen molar-refractivity contribution in [1.82, 2.24) is 15.0 Å². The Bertz CT molecular complexity index is 403. The van der Waals surface area contributed by atoms with Crippen molar-refractivity contribution in [3.63, 3.8) is 0 Å². The summed E-state index contributed by atoms with van der Waals surface area (Å²) in [4.78, 5) is 17.7. The molecule has 0 spiro atoms. The maximum atomic E-state index is 11.0. The highest BCUT2D eigenvalue weighted by Crippen LogP contribution is 2.19. The lowest BCUT2D eigenvalue weighted by Crippen LogP contribution is -2.36. The van der Waals surface area contributed by atoms with Crippen LogP contribution in [0.2, 0.25) is 0 Å². The second-order valence-electron chi connectivity index (χ2n) is 5.09. The van der Waals surface area contributed by atoms with E-state index in [4.69, 9.17) is 4.52 Å². The fourth-order valence-electron chi connectivity index (χ4n) is 2.52. The van der Waals surface area contributed by atoms with E-state index >= 15 is 0 Å². The van der Waals surface area contributed by atoms with Crippen LogP contribution in [0.5, 0.6) is 0 Å². The van der Waals surface area contributed by atoms with Crippen LogP contribution in [0.1, 0.15) is 38.4 Å². The van der Waals surface area contributed by atoms with Crippen molar-refractivity contribution in [2.24, 2.45) is 5.92 Å². The van der Waals surface area contributed by atoms with Gasteiger partial charge in [0, 0.05) is 13.0 Å². The Labute approximate surface area is 108 Å². The molecule has 1 saturated heterocycles. The van der Waals surface area contributed by atoms with Gasteiger partial charge in [-0.15, -0.1) is 0 Å². The summed E-state index contributed by atoms with van der Waals surface area (Å²) in [6.07, 6.45) is 3.58. The standard InChI is InChI=1S/C13H21N3O2/c1-3-16-6-4-5-11(9-16)8-12-14-13(18-15-12)7-10(2)17/h11H,3-9H2,1-2H3. The smallest absolute Gasteiger partial charge is 0.234 e. The monoisotopic (exact) mass is 251 g/mol. The lowest BCUT2D eigenvalue weighted by molar-refractivity contribution is -0.116. The lowest BCUT2D eigenvalue weighted by atomic mass is 9.94. The molecule has 0 amide bonds. The average Bonchev–Trinajstić information content (AvgIpc) is 2.76. The first-order chi connectivity index (χ1) is 8.67. The van der Waals surface area contributed by atoms with Gasteiger partial charge in [-0.1, -0.05) is 12.1 Å². The minimum Gasteiger partial charge on any atom is -0.339 e. The minimum absolute atomic E-state index is 0.0556. The fraction of sp³-hybridized carbons (Fsp3) is 0.769. The quantitative estimate of drug-likeness (QED) is 0.793. The van der Waals surface area contributed by atoms with Crippen LogP contribution in [0.4, 0.5) is 0 Å². The number of hydrogen-bond donors (Lipinski definition) is 0. The van der Waals surface area contributed by atoms with E-state index in [2.05, 4.69) is 22.0 Å². The molecule has 2 rings (SSSR count). The van der Waals surface area contributed by atoms with Crippen molar-refractivity contribution in [2.45, 2.75) is 39.5 Å². The number of hydrogen-bond acceptors (Lipinski definition) is 5. The molecule has 0 bridgehead atoms.